The zero-order valence-corrected chi connectivity index (χ0v) is 12.4. The summed E-state index contributed by atoms with van der Waals surface area (Å²) in [6.45, 7) is 6.71. The molecule has 0 heterocycles. The Labute approximate surface area is 116 Å². The lowest BCUT2D eigenvalue weighted by Crippen LogP contribution is -2.15. The van der Waals surface area contributed by atoms with E-state index in [0.29, 0.717) is 0 Å². The minimum absolute atomic E-state index is 0.0224. The Morgan fingerprint density at radius 2 is 1.78 bits per heavy atom. The van der Waals surface area contributed by atoms with Crippen molar-refractivity contribution in [2.24, 2.45) is 0 Å². The standard InChI is InChI=1S/C16H16BrN/c1-9-6-10(17)7-14-15(9)12-5-4-11(18)8-13(12)16(14,2)3/h4-8H,18H2,1-3H3. The van der Waals surface area contributed by atoms with E-state index in [2.05, 4.69) is 61.0 Å². The van der Waals surface area contributed by atoms with Crippen LogP contribution in [-0.4, -0.2) is 0 Å². The highest BCUT2D eigenvalue weighted by Crippen LogP contribution is 2.51. The van der Waals surface area contributed by atoms with E-state index in [9.17, 15) is 0 Å². The third-order valence-corrected chi connectivity index (χ3v) is 4.42. The van der Waals surface area contributed by atoms with Crippen molar-refractivity contribution in [1.29, 1.82) is 0 Å². The van der Waals surface area contributed by atoms with Gasteiger partial charge in [0.1, 0.15) is 0 Å². The molecule has 0 saturated heterocycles. The molecular formula is C16H16BrN. The van der Waals surface area contributed by atoms with Crippen molar-refractivity contribution in [2.75, 3.05) is 5.73 Å². The zero-order chi connectivity index (χ0) is 13.1. The van der Waals surface area contributed by atoms with Gasteiger partial charge >= 0.3 is 0 Å². The first-order valence-electron chi connectivity index (χ1n) is 6.12. The van der Waals surface area contributed by atoms with Gasteiger partial charge in [-0.25, -0.2) is 0 Å². The normalized spacial score (nSPS) is 15.3. The molecule has 18 heavy (non-hydrogen) atoms. The molecule has 0 unspecified atom stereocenters. The van der Waals surface area contributed by atoms with Crippen molar-refractivity contribution in [3.05, 3.63) is 51.5 Å². The molecule has 3 rings (SSSR count). The number of benzene rings is 2. The molecule has 92 valence electrons. The summed E-state index contributed by atoms with van der Waals surface area (Å²) in [4.78, 5) is 0. The van der Waals surface area contributed by atoms with Gasteiger partial charge in [-0.05, 0) is 59.0 Å². The molecule has 1 aliphatic rings. The monoisotopic (exact) mass is 301 g/mol. The highest BCUT2D eigenvalue weighted by molar-refractivity contribution is 9.10. The second kappa shape index (κ2) is 3.61. The van der Waals surface area contributed by atoms with Crippen LogP contribution in [0.1, 0.15) is 30.5 Å². The molecule has 0 atom stereocenters. The maximum atomic E-state index is 5.95. The van der Waals surface area contributed by atoms with E-state index in [1.165, 1.54) is 27.8 Å². The maximum Gasteiger partial charge on any atom is 0.0317 e. The maximum absolute atomic E-state index is 5.95. The molecule has 0 fully saturated rings. The summed E-state index contributed by atoms with van der Waals surface area (Å²) in [5, 5.41) is 0. The zero-order valence-electron chi connectivity index (χ0n) is 10.8. The summed E-state index contributed by atoms with van der Waals surface area (Å²) in [6, 6.07) is 10.7. The van der Waals surface area contributed by atoms with Gasteiger partial charge in [0.05, 0.1) is 0 Å². The minimum Gasteiger partial charge on any atom is -0.399 e. The van der Waals surface area contributed by atoms with Crippen LogP contribution in [0.25, 0.3) is 11.1 Å². The SMILES string of the molecule is Cc1cc(Br)cc2c1-c1ccc(N)cc1C2(C)C. The fraction of sp³-hybridized carbons (Fsp3) is 0.250. The molecule has 2 N–H and O–H groups in total. The number of halogens is 1. The van der Waals surface area contributed by atoms with E-state index in [1.54, 1.807) is 0 Å². The average molecular weight is 302 g/mol. The Hall–Kier alpha value is -1.28. The van der Waals surface area contributed by atoms with E-state index in [-0.39, 0.29) is 5.41 Å². The van der Waals surface area contributed by atoms with Crippen LogP contribution in [-0.2, 0) is 5.41 Å². The van der Waals surface area contributed by atoms with Gasteiger partial charge in [-0.1, -0.05) is 35.8 Å². The van der Waals surface area contributed by atoms with Crippen LogP contribution in [0, 0.1) is 6.92 Å². The van der Waals surface area contributed by atoms with Crippen molar-refractivity contribution >= 4 is 21.6 Å². The van der Waals surface area contributed by atoms with Crippen molar-refractivity contribution in [1.82, 2.24) is 0 Å². The Kier molecular flexibility index (Phi) is 2.36. The molecule has 1 aliphatic carbocycles. The van der Waals surface area contributed by atoms with Crippen molar-refractivity contribution < 1.29 is 0 Å². The molecular weight excluding hydrogens is 286 g/mol. The largest absolute Gasteiger partial charge is 0.399 e. The molecule has 0 bridgehead atoms. The number of nitrogens with two attached hydrogens (primary N) is 1. The summed E-state index contributed by atoms with van der Waals surface area (Å²) in [7, 11) is 0. The molecule has 0 radical (unpaired) electrons. The molecule has 2 aromatic carbocycles. The van der Waals surface area contributed by atoms with Crippen LogP contribution in [0.15, 0.2) is 34.8 Å². The van der Waals surface area contributed by atoms with Gasteiger partial charge in [0.2, 0.25) is 0 Å². The number of aryl methyl sites for hydroxylation is 1. The molecule has 0 saturated carbocycles. The fourth-order valence-corrected chi connectivity index (χ4v) is 3.61. The summed E-state index contributed by atoms with van der Waals surface area (Å²) < 4.78 is 1.15. The van der Waals surface area contributed by atoms with E-state index in [1.807, 2.05) is 6.07 Å². The number of anilines is 1. The van der Waals surface area contributed by atoms with E-state index >= 15 is 0 Å². The van der Waals surface area contributed by atoms with Gasteiger partial charge in [0.25, 0.3) is 0 Å². The first kappa shape index (κ1) is 11.8. The second-order valence-electron chi connectivity index (χ2n) is 5.58. The molecule has 0 amide bonds. The van der Waals surface area contributed by atoms with E-state index in [4.69, 9.17) is 5.73 Å². The Morgan fingerprint density at radius 3 is 2.50 bits per heavy atom. The van der Waals surface area contributed by atoms with Crippen LogP contribution in [0.3, 0.4) is 0 Å². The van der Waals surface area contributed by atoms with Gasteiger partial charge < -0.3 is 5.73 Å². The predicted octanol–water partition coefficient (Wildman–Crippen LogP) is 4.65. The van der Waals surface area contributed by atoms with Crippen molar-refractivity contribution in [3.8, 4) is 11.1 Å². The highest BCUT2D eigenvalue weighted by Gasteiger charge is 2.36. The second-order valence-corrected chi connectivity index (χ2v) is 6.49. The molecule has 2 heteroatoms. The lowest BCUT2D eigenvalue weighted by molar-refractivity contribution is 0.660. The fourth-order valence-electron chi connectivity index (χ4n) is 3.04. The van der Waals surface area contributed by atoms with Gasteiger partial charge in [-0.15, -0.1) is 0 Å². The number of nitrogen functional groups attached to an aromatic ring is 1. The van der Waals surface area contributed by atoms with Crippen molar-refractivity contribution in [3.63, 3.8) is 0 Å². The lowest BCUT2D eigenvalue weighted by Gasteiger charge is -2.22. The molecule has 1 nitrogen and oxygen atoms in total. The van der Waals surface area contributed by atoms with Crippen LogP contribution in [0.5, 0.6) is 0 Å². The number of hydrogen-bond acceptors (Lipinski definition) is 1. The molecule has 2 aromatic rings. The van der Waals surface area contributed by atoms with Crippen molar-refractivity contribution in [2.45, 2.75) is 26.2 Å². The molecule has 0 aromatic heterocycles. The van der Waals surface area contributed by atoms with Crippen LogP contribution in [0.2, 0.25) is 0 Å². The minimum atomic E-state index is 0.0224. The Bertz CT molecular complexity index is 656. The molecule has 0 spiro atoms. The quantitative estimate of drug-likeness (QED) is 0.705. The van der Waals surface area contributed by atoms with Crippen LogP contribution >= 0.6 is 15.9 Å². The van der Waals surface area contributed by atoms with Crippen LogP contribution < -0.4 is 5.73 Å². The lowest BCUT2D eigenvalue weighted by atomic mass is 9.82. The third-order valence-electron chi connectivity index (χ3n) is 3.96. The number of rotatable bonds is 0. The summed E-state index contributed by atoms with van der Waals surface area (Å²) in [6.07, 6.45) is 0. The third kappa shape index (κ3) is 1.45. The molecule has 0 aliphatic heterocycles. The van der Waals surface area contributed by atoms with Gasteiger partial charge in [-0.2, -0.15) is 0 Å². The van der Waals surface area contributed by atoms with Gasteiger partial charge in [-0.3, -0.25) is 0 Å². The predicted molar refractivity (Wildman–Crippen MR) is 80.9 cm³/mol. The Morgan fingerprint density at radius 1 is 1.06 bits per heavy atom. The number of hydrogen-bond donors (Lipinski definition) is 1. The first-order chi connectivity index (χ1) is 8.41. The van der Waals surface area contributed by atoms with Gasteiger partial charge in [0, 0.05) is 15.6 Å². The van der Waals surface area contributed by atoms with E-state index < -0.39 is 0 Å². The highest BCUT2D eigenvalue weighted by atomic mass is 79.9. The van der Waals surface area contributed by atoms with E-state index in [0.717, 1.165) is 10.2 Å². The number of fused-ring (bicyclic) bond motifs is 3. The van der Waals surface area contributed by atoms with Gasteiger partial charge in [0.15, 0.2) is 0 Å². The smallest absolute Gasteiger partial charge is 0.0317 e. The summed E-state index contributed by atoms with van der Waals surface area (Å²) in [5.41, 5.74) is 13.5. The first-order valence-corrected chi connectivity index (χ1v) is 6.91. The topological polar surface area (TPSA) is 26.0 Å². The summed E-state index contributed by atoms with van der Waals surface area (Å²) >= 11 is 3.60. The Balaban J connectivity index is 2.42. The average Bonchev–Trinajstić information content (AvgIpc) is 2.49. The summed E-state index contributed by atoms with van der Waals surface area (Å²) in [5.74, 6) is 0. The van der Waals surface area contributed by atoms with Crippen LogP contribution in [0.4, 0.5) is 5.69 Å².